The van der Waals surface area contributed by atoms with Crippen LogP contribution in [0.5, 0.6) is 0 Å². The number of hydrogen-bond donors (Lipinski definition) is 0. The number of hydrogen-bond acceptors (Lipinski definition) is 5. The van der Waals surface area contributed by atoms with Crippen LogP contribution in [0.4, 0.5) is 0 Å². The molecule has 0 spiro atoms. The second kappa shape index (κ2) is 4.88. The average molecular weight is 239 g/mol. The molecule has 0 heterocycles. The summed E-state index contributed by atoms with van der Waals surface area (Å²) in [5.41, 5.74) is 0.416. The van der Waals surface area contributed by atoms with Crippen LogP contribution in [0.3, 0.4) is 0 Å². The number of carbonyl (C=O) groups is 1. The Morgan fingerprint density at radius 1 is 1.38 bits per heavy atom. The lowest BCUT2D eigenvalue weighted by Gasteiger charge is -2.02. The lowest BCUT2D eigenvalue weighted by molar-refractivity contribution is 0.101. The monoisotopic (exact) mass is 239 g/mol. The number of benzene rings is 1. The van der Waals surface area contributed by atoms with Crippen molar-refractivity contribution in [2.24, 2.45) is 0 Å². The minimum Gasteiger partial charge on any atom is -0.295 e. The summed E-state index contributed by atoms with van der Waals surface area (Å²) in [6.45, 7) is 0.854. The number of nitriles is 1. The summed E-state index contributed by atoms with van der Waals surface area (Å²) < 4.78 is 27.2. The lowest BCUT2D eigenvalue weighted by atomic mass is 10.2. The standard InChI is InChI=1S/C10H9NO4S/c1-8(12)9-2-4-10(5-3-9)16(13,14)15-7-6-11/h2-5H,7H2,1H3. The van der Waals surface area contributed by atoms with E-state index in [1.807, 2.05) is 0 Å². The molecule has 16 heavy (non-hydrogen) atoms. The van der Waals surface area contributed by atoms with Crippen molar-refractivity contribution in [3.63, 3.8) is 0 Å². The molecule has 0 radical (unpaired) electrons. The maximum Gasteiger partial charge on any atom is 0.297 e. The molecule has 5 nitrogen and oxygen atoms in total. The van der Waals surface area contributed by atoms with Gasteiger partial charge in [0.1, 0.15) is 0 Å². The van der Waals surface area contributed by atoms with E-state index in [2.05, 4.69) is 4.18 Å². The summed E-state index contributed by atoms with van der Waals surface area (Å²) in [6, 6.07) is 6.89. The van der Waals surface area contributed by atoms with Gasteiger partial charge in [0, 0.05) is 5.56 Å². The van der Waals surface area contributed by atoms with Gasteiger partial charge in [0.05, 0.1) is 11.0 Å². The van der Waals surface area contributed by atoms with Crippen LogP contribution in [-0.4, -0.2) is 20.8 Å². The second-order valence-electron chi connectivity index (χ2n) is 2.95. The quantitative estimate of drug-likeness (QED) is 0.580. The zero-order valence-corrected chi connectivity index (χ0v) is 9.32. The highest BCUT2D eigenvalue weighted by molar-refractivity contribution is 7.86. The van der Waals surface area contributed by atoms with Crippen molar-refractivity contribution in [1.82, 2.24) is 0 Å². The molecule has 0 aromatic heterocycles. The fraction of sp³-hybridized carbons (Fsp3) is 0.200. The van der Waals surface area contributed by atoms with Crippen molar-refractivity contribution < 1.29 is 17.4 Å². The highest BCUT2D eigenvalue weighted by atomic mass is 32.2. The SMILES string of the molecule is CC(=O)c1ccc(S(=O)(=O)OCC#N)cc1. The predicted octanol–water partition coefficient (Wildman–Crippen LogP) is 1.12. The Bertz CT molecular complexity index is 525. The summed E-state index contributed by atoms with van der Waals surface area (Å²) in [5, 5.41) is 8.21. The van der Waals surface area contributed by atoms with E-state index in [-0.39, 0.29) is 10.7 Å². The van der Waals surface area contributed by atoms with E-state index >= 15 is 0 Å². The number of rotatable bonds is 4. The van der Waals surface area contributed by atoms with E-state index in [1.54, 1.807) is 6.07 Å². The molecule has 0 N–H and O–H groups in total. The molecule has 1 aromatic rings. The molecule has 0 amide bonds. The first-order valence-corrected chi connectivity index (χ1v) is 5.75. The van der Waals surface area contributed by atoms with Crippen molar-refractivity contribution >= 4 is 15.9 Å². The van der Waals surface area contributed by atoms with Gasteiger partial charge >= 0.3 is 0 Å². The molecule has 0 saturated carbocycles. The van der Waals surface area contributed by atoms with Crippen molar-refractivity contribution in [3.05, 3.63) is 29.8 Å². The third kappa shape index (κ3) is 2.89. The van der Waals surface area contributed by atoms with Crippen LogP contribution >= 0.6 is 0 Å². The maximum absolute atomic E-state index is 11.4. The molecule has 1 rings (SSSR count). The van der Waals surface area contributed by atoms with E-state index in [0.717, 1.165) is 0 Å². The molecule has 0 atom stereocenters. The van der Waals surface area contributed by atoms with Crippen LogP contribution in [0, 0.1) is 11.3 Å². The minimum absolute atomic E-state index is 0.0762. The van der Waals surface area contributed by atoms with Gasteiger partial charge in [-0.2, -0.15) is 13.7 Å². The molecule has 0 aliphatic rings. The fourth-order valence-corrected chi connectivity index (χ4v) is 1.84. The predicted molar refractivity (Wildman–Crippen MR) is 55.2 cm³/mol. The van der Waals surface area contributed by atoms with Crippen molar-refractivity contribution in [2.75, 3.05) is 6.61 Å². The normalized spacial score (nSPS) is 10.8. The number of carbonyl (C=O) groups excluding carboxylic acids is 1. The zero-order valence-electron chi connectivity index (χ0n) is 8.50. The first-order valence-electron chi connectivity index (χ1n) is 4.35. The number of ketones is 1. The molecular weight excluding hydrogens is 230 g/mol. The Morgan fingerprint density at radius 2 is 1.94 bits per heavy atom. The Hall–Kier alpha value is -1.71. The van der Waals surface area contributed by atoms with Crippen molar-refractivity contribution in [2.45, 2.75) is 11.8 Å². The highest BCUT2D eigenvalue weighted by Crippen LogP contribution is 2.13. The number of Topliss-reactive ketones (excluding diaryl/α,β-unsaturated/α-hetero) is 1. The summed E-state index contributed by atoms with van der Waals surface area (Å²) in [7, 11) is -3.90. The van der Waals surface area contributed by atoms with Gasteiger partial charge in [0.15, 0.2) is 12.4 Å². The molecule has 0 fully saturated rings. The third-order valence-electron chi connectivity index (χ3n) is 1.83. The van der Waals surface area contributed by atoms with Gasteiger partial charge in [0.2, 0.25) is 0 Å². The highest BCUT2D eigenvalue weighted by Gasteiger charge is 2.14. The van der Waals surface area contributed by atoms with Crippen molar-refractivity contribution in [3.8, 4) is 6.07 Å². The molecule has 0 aliphatic carbocycles. The van der Waals surface area contributed by atoms with Gasteiger partial charge in [0.25, 0.3) is 10.1 Å². The van der Waals surface area contributed by atoms with E-state index in [1.165, 1.54) is 31.2 Å². The summed E-state index contributed by atoms with van der Waals surface area (Å²) in [6.07, 6.45) is 0. The van der Waals surface area contributed by atoms with Gasteiger partial charge in [-0.1, -0.05) is 12.1 Å². The zero-order chi connectivity index (χ0) is 12.2. The Morgan fingerprint density at radius 3 is 2.38 bits per heavy atom. The summed E-state index contributed by atoms with van der Waals surface area (Å²) >= 11 is 0. The van der Waals surface area contributed by atoms with Crippen LogP contribution < -0.4 is 0 Å². The first-order chi connectivity index (χ1) is 7.47. The maximum atomic E-state index is 11.4. The molecule has 0 bridgehead atoms. The van der Waals surface area contributed by atoms with E-state index in [0.29, 0.717) is 5.56 Å². The van der Waals surface area contributed by atoms with Crippen LogP contribution in [0.25, 0.3) is 0 Å². The minimum atomic E-state index is -3.90. The first kappa shape index (κ1) is 12.4. The lowest BCUT2D eigenvalue weighted by Crippen LogP contribution is -2.06. The molecule has 0 aliphatic heterocycles. The van der Waals surface area contributed by atoms with Crippen molar-refractivity contribution in [1.29, 1.82) is 5.26 Å². The van der Waals surface area contributed by atoms with Gasteiger partial charge in [-0.05, 0) is 19.1 Å². The van der Waals surface area contributed by atoms with Gasteiger partial charge in [-0.15, -0.1) is 0 Å². The molecule has 84 valence electrons. The largest absolute Gasteiger partial charge is 0.297 e. The smallest absolute Gasteiger partial charge is 0.295 e. The van der Waals surface area contributed by atoms with Gasteiger partial charge < -0.3 is 0 Å². The van der Waals surface area contributed by atoms with E-state index in [9.17, 15) is 13.2 Å². The average Bonchev–Trinajstić information content (AvgIpc) is 2.26. The second-order valence-corrected chi connectivity index (χ2v) is 4.57. The Balaban J connectivity index is 2.98. The summed E-state index contributed by atoms with van der Waals surface area (Å²) in [4.78, 5) is 10.9. The topological polar surface area (TPSA) is 84.2 Å². The van der Waals surface area contributed by atoms with E-state index < -0.39 is 16.7 Å². The Kier molecular flexibility index (Phi) is 3.77. The third-order valence-corrected chi connectivity index (χ3v) is 3.11. The van der Waals surface area contributed by atoms with Crippen LogP contribution in [-0.2, 0) is 14.3 Å². The molecule has 0 saturated heterocycles. The molecule has 6 heteroatoms. The summed E-state index contributed by atoms with van der Waals surface area (Å²) in [5.74, 6) is -0.151. The van der Waals surface area contributed by atoms with Gasteiger partial charge in [-0.3, -0.25) is 8.98 Å². The molecule has 0 unspecified atom stereocenters. The van der Waals surface area contributed by atoms with Crippen LogP contribution in [0.1, 0.15) is 17.3 Å². The fourth-order valence-electron chi connectivity index (χ4n) is 1.03. The van der Waals surface area contributed by atoms with Crippen LogP contribution in [0.15, 0.2) is 29.2 Å². The number of nitrogens with zero attached hydrogens (tertiary/aromatic N) is 1. The van der Waals surface area contributed by atoms with Crippen LogP contribution in [0.2, 0.25) is 0 Å². The molecule has 1 aromatic carbocycles. The Labute approximate surface area is 93.4 Å². The van der Waals surface area contributed by atoms with E-state index in [4.69, 9.17) is 5.26 Å². The molecular formula is C10H9NO4S. The van der Waals surface area contributed by atoms with Gasteiger partial charge in [-0.25, -0.2) is 0 Å².